The van der Waals surface area contributed by atoms with Crippen molar-refractivity contribution in [2.75, 3.05) is 0 Å². The minimum Gasteiger partial charge on any atom is -0.301 e. The zero-order chi connectivity index (χ0) is 13.2. The molecule has 1 N–H and O–H groups in total. The van der Waals surface area contributed by atoms with E-state index in [9.17, 15) is 4.79 Å². The lowest BCUT2D eigenvalue weighted by Gasteiger charge is -2.05. The Morgan fingerprint density at radius 2 is 2.21 bits per heavy atom. The monoisotopic (exact) mass is 271 g/mol. The second-order valence-electron chi connectivity index (χ2n) is 4.40. The Morgan fingerprint density at radius 1 is 1.37 bits per heavy atom. The molecule has 96 valence electrons. The van der Waals surface area contributed by atoms with Crippen molar-refractivity contribution in [3.05, 3.63) is 51.3 Å². The number of aryl methyl sites for hydroxylation is 1. The molecule has 3 rings (SSSR count). The predicted molar refractivity (Wildman–Crippen MR) is 77.5 cm³/mol. The maximum Gasteiger partial charge on any atom is 0.257 e. The van der Waals surface area contributed by atoms with Gasteiger partial charge < -0.3 is 4.98 Å². The smallest absolute Gasteiger partial charge is 0.257 e. The standard InChI is InChI=1S/C14H13N3OS/c1-9-4-2-3-5-10(9)8-19-14-16-12-11(6-7-15-12)13(18)17-14/h2-5,7H,6,8H2,1H3,(H,16,17,18). The molecule has 1 aliphatic rings. The number of aromatic nitrogens is 2. The minimum absolute atomic E-state index is 0.0743. The molecule has 0 fully saturated rings. The zero-order valence-electron chi connectivity index (χ0n) is 10.5. The minimum atomic E-state index is -0.0743. The van der Waals surface area contributed by atoms with Crippen molar-refractivity contribution >= 4 is 23.8 Å². The van der Waals surface area contributed by atoms with Crippen molar-refractivity contribution < 1.29 is 0 Å². The largest absolute Gasteiger partial charge is 0.301 e. The van der Waals surface area contributed by atoms with Gasteiger partial charge in [-0.1, -0.05) is 36.0 Å². The summed E-state index contributed by atoms with van der Waals surface area (Å²) in [5.41, 5.74) is 3.09. The first-order valence-corrected chi connectivity index (χ1v) is 7.05. The van der Waals surface area contributed by atoms with Gasteiger partial charge in [0.05, 0.1) is 5.56 Å². The first kappa shape index (κ1) is 12.2. The number of aromatic amines is 1. The molecule has 0 atom stereocenters. The molecule has 0 saturated carbocycles. The van der Waals surface area contributed by atoms with Gasteiger partial charge in [-0.15, -0.1) is 0 Å². The second-order valence-corrected chi connectivity index (χ2v) is 5.37. The Morgan fingerprint density at radius 3 is 3.05 bits per heavy atom. The van der Waals surface area contributed by atoms with E-state index in [0.717, 1.165) is 5.75 Å². The van der Waals surface area contributed by atoms with Gasteiger partial charge in [0.2, 0.25) is 0 Å². The summed E-state index contributed by atoms with van der Waals surface area (Å²) in [6, 6.07) is 8.21. The van der Waals surface area contributed by atoms with E-state index in [4.69, 9.17) is 0 Å². The van der Waals surface area contributed by atoms with Gasteiger partial charge in [0.25, 0.3) is 5.56 Å². The van der Waals surface area contributed by atoms with Crippen LogP contribution in [0.2, 0.25) is 0 Å². The molecule has 0 saturated heterocycles. The van der Waals surface area contributed by atoms with Crippen LogP contribution in [0.5, 0.6) is 0 Å². The summed E-state index contributed by atoms with van der Waals surface area (Å²) in [4.78, 5) is 23.1. The molecular weight excluding hydrogens is 258 g/mol. The van der Waals surface area contributed by atoms with Crippen LogP contribution in [0.25, 0.3) is 0 Å². The van der Waals surface area contributed by atoms with Gasteiger partial charge in [0.1, 0.15) is 0 Å². The highest BCUT2D eigenvalue weighted by Gasteiger charge is 2.14. The molecule has 0 spiro atoms. The third kappa shape index (κ3) is 2.46. The predicted octanol–water partition coefficient (Wildman–Crippen LogP) is 2.63. The van der Waals surface area contributed by atoms with Crippen molar-refractivity contribution in [1.29, 1.82) is 0 Å². The van der Waals surface area contributed by atoms with E-state index in [1.165, 1.54) is 22.9 Å². The van der Waals surface area contributed by atoms with Crippen LogP contribution in [0.4, 0.5) is 5.82 Å². The molecule has 0 bridgehead atoms. The summed E-state index contributed by atoms with van der Waals surface area (Å²) in [5.74, 6) is 1.36. The van der Waals surface area contributed by atoms with Gasteiger partial charge in [-0.25, -0.2) is 9.98 Å². The van der Waals surface area contributed by atoms with Gasteiger partial charge in [0.15, 0.2) is 11.0 Å². The first-order chi connectivity index (χ1) is 9.24. The second kappa shape index (κ2) is 5.01. The normalized spacial score (nSPS) is 12.7. The highest BCUT2D eigenvalue weighted by Crippen LogP contribution is 2.24. The molecular formula is C14H13N3OS. The van der Waals surface area contributed by atoms with Crippen LogP contribution < -0.4 is 5.56 Å². The van der Waals surface area contributed by atoms with Crippen LogP contribution in [0.3, 0.4) is 0 Å². The third-order valence-electron chi connectivity index (χ3n) is 3.11. The highest BCUT2D eigenvalue weighted by molar-refractivity contribution is 7.98. The number of H-pyrrole nitrogens is 1. The lowest BCUT2D eigenvalue weighted by molar-refractivity contribution is 0.920. The van der Waals surface area contributed by atoms with Crippen molar-refractivity contribution in [3.63, 3.8) is 0 Å². The van der Waals surface area contributed by atoms with E-state index < -0.39 is 0 Å². The maximum atomic E-state index is 11.8. The molecule has 1 aromatic carbocycles. The van der Waals surface area contributed by atoms with E-state index in [2.05, 4.69) is 34.0 Å². The molecule has 0 unspecified atom stereocenters. The Kier molecular flexibility index (Phi) is 3.21. The third-order valence-corrected chi connectivity index (χ3v) is 4.03. The molecule has 2 heterocycles. The number of nitrogens with zero attached hydrogens (tertiary/aromatic N) is 2. The van der Waals surface area contributed by atoms with E-state index in [-0.39, 0.29) is 5.56 Å². The Labute approximate surface area is 115 Å². The van der Waals surface area contributed by atoms with Crippen molar-refractivity contribution in [3.8, 4) is 0 Å². The van der Waals surface area contributed by atoms with Crippen LogP contribution >= 0.6 is 11.8 Å². The average Bonchev–Trinajstić information content (AvgIpc) is 2.87. The fraction of sp³-hybridized carbons (Fsp3) is 0.214. The van der Waals surface area contributed by atoms with Crippen LogP contribution in [-0.4, -0.2) is 16.2 Å². The van der Waals surface area contributed by atoms with Crippen LogP contribution in [0.15, 0.2) is 39.2 Å². The van der Waals surface area contributed by atoms with Gasteiger partial charge >= 0.3 is 0 Å². The number of hydrogen-bond acceptors (Lipinski definition) is 4. The average molecular weight is 271 g/mol. The molecule has 0 aliphatic carbocycles. The molecule has 5 heteroatoms. The Hall–Kier alpha value is -1.88. The molecule has 4 nitrogen and oxygen atoms in total. The van der Waals surface area contributed by atoms with Crippen LogP contribution in [-0.2, 0) is 12.2 Å². The quantitative estimate of drug-likeness (QED) is 0.689. The lowest BCUT2D eigenvalue weighted by Crippen LogP contribution is -2.13. The summed E-state index contributed by atoms with van der Waals surface area (Å²) in [6.07, 6.45) is 2.31. The number of aliphatic imine (C=N–C) groups is 1. The summed E-state index contributed by atoms with van der Waals surface area (Å²) in [7, 11) is 0. The maximum absolute atomic E-state index is 11.8. The van der Waals surface area contributed by atoms with Crippen molar-refractivity contribution in [2.45, 2.75) is 24.3 Å². The van der Waals surface area contributed by atoms with Crippen LogP contribution in [0, 0.1) is 6.92 Å². The van der Waals surface area contributed by atoms with Gasteiger partial charge in [-0.05, 0) is 18.1 Å². The number of hydrogen-bond donors (Lipinski definition) is 1. The van der Waals surface area contributed by atoms with E-state index in [0.29, 0.717) is 23.0 Å². The molecule has 2 aromatic rings. The van der Waals surface area contributed by atoms with Gasteiger partial charge in [0, 0.05) is 18.4 Å². The van der Waals surface area contributed by atoms with Crippen molar-refractivity contribution in [1.82, 2.24) is 9.97 Å². The number of benzene rings is 1. The van der Waals surface area contributed by atoms with Crippen molar-refractivity contribution in [2.24, 2.45) is 4.99 Å². The van der Waals surface area contributed by atoms with Gasteiger partial charge in [-0.2, -0.15) is 0 Å². The fourth-order valence-corrected chi connectivity index (χ4v) is 2.90. The summed E-state index contributed by atoms with van der Waals surface area (Å²) in [5, 5.41) is 0.631. The topological polar surface area (TPSA) is 58.1 Å². The summed E-state index contributed by atoms with van der Waals surface area (Å²) in [6.45, 7) is 2.08. The lowest BCUT2D eigenvalue weighted by atomic mass is 10.1. The highest BCUT2D eigenvalue weighted by atomic mass is 32.2. The van der Waals surface area contributed by atoms with E-state index in [1.54, 1.807) is 6.21 Å². The van der Waals surface area contributed by atoms with E-state index in [1.807, 2.05) is 12.1 Å². The number of nitrogens with one attached hydrogen (secondary N) is 1. The Bertz CT molecular complexity index is 706. The van der Waals surface area contributed by atoms with E-state index >= 15 is 0 Å². The molecule has 1 aliphatic heterocycles. The SMILES string of the molecule is Cc1ccccc1CSc1nc2c(c(=O)[nH]1)CC=N2. The first-order valence-electron chi connectivity index (χ1n) is 6.07. The molecule has 0 radical (unpaired) electrons. The fourth-order valence-electron chi connectivity index (χ4n) is 1.97. The summed E-state index contributed by atoms with van der Waals surface area (Å²) >= 11 is 1.53. The number of fused-ring (bicyclic) bond motifs is 1. The molecule has 0 amide bonds. The molecule has 1 aromatic heterocycles. The molecule has 19 heavy (non-hydrogen) atoms. The van der Waals surface area contributed by atoms with Crippen LogP contribution in [0.1, 0.15) is 16.7 Å². The summed E-state index contributed by atoms with van der Waals surface area (Å²) < 4.78 is 0. The zero-order valence-corrected chi connectivity index (χ0v) is 11.3. The Balaban J connectivity index is 1.81. The number of rotatable bonds is 3. The number of thioether (sulfide) groups is 1. The van der Waals surface area contributed by atoms with Gasteiger partial charge in [-0.3, -0.25) is 4.79 Å².